The first-order chi connectivity index (χ1) is 11.6. The minimum Gasteiger partial charge on any atom is -0.508 e. The fourth-order valence-electron chi connectivity index (χ4n) is 3.16. The van der Waals surface area contributed by atoms with E-state index in [1.54, 1.807) is 4.90 Å². The SMILES string of the molecule is O=C(Nc1cc(O)cc(O)c1)N1CCC(Cc2ccccc2)CC1. The molecule has 0 radical (unpaired) electrons. The molecule has 0 unspecified atom stereocenters. The molecule has 0 saturated carbocycles. The van der Waals surface area contributed by atoms with Crippen molar-refractivity contribution in [2.24, 2.45) is 5.92 Å². The maximum atomic E-state index is 12.3. The summed E-state index contributed by atoms with van der Waals surface area (Å²) in [4.78, 5) is 14.1. The average molecular weight is 326 g/mol. The predicted molar refractivity (Wildman–Crippen MR) is 93.2 cm³/mol. The van der Waals surface area contributed by atoms with Gasteiger partial charge in [0.25, 0.3) is 0 Å². The van der Waals surface area contributed by atoms with Crippen molar-refractivity contribution in [3.05, 3.63) is 54.1 Å². The molecule has 0 aliphatic carbocycles. The van der Waals surface area contributed by atoms with Gasteiger partial charge < -0.3 is 20.4 Å². The number of phenols is 2. The topological polar surface area (TPSA) is 72.8 Å². The lowest BCUT2D eigenvalue weighted by atomic mass is 9.90. The third-order valence-corrected chi connectivity index (χ3v) is 4.42. The van der Waals surface area contributed by atoms with Gasteiger partial charge in [-0.2, -0.15) is 0 Å². The van der Waals surface area contributed by atoms with Crippen molar-refractivity contribution >= 4 is 11.7 Å². The Balaban J connectivity index is 1.51. The number of likely N-dealkylation sites (tertiary alicyclic amines) is 1. The number of hydrogen-bond donors (Lipinski definition) is 3. The zero-order valence-electron chi connectivity index (χ0n) is 13.5. The van der Waals surface area contributed by atoms with Crippen LogP contribution in [0.2, 0.25) is 0 Å². The highest BCUT2D eigenvalue weighted by atomic mass is 16.3. The number of piperidine rings is 1. The molecule has 1 heterocycles. The first-order valence-corrected chi connectivity index (χ1v) is 8.23. The van der Waals surface area contributed by atoms with Gasteiger partial charge in [0.1, 0.15) is 11.5 Å². The lowest BCUT2D eigenvalue weighted by Gasteiger charge is -2.32. The van der Waals surface area contributed by atoms with Crippen LogP contribution in [0.3, 0.4) is 0 Å². The van der Waals surface area contributed by atoms with E-state index in [0.717, 1.165) is 19.3 Å². The second kappa shape index (κ2) is 7.25. The number of hydrogen-bond acceptors (Lipinski definition) is 3. The molecule has 3 N–H and O–H groups in total. The molecule has 1 fully saturated rings. The van der Waals surface area contributed by atoms with Crippen molar-refractivity contribution in [2.75, 3.05) is 18.4 Å². The van der Waals surface area contributed by atoms with E-state index in [1.807, 2.05) is 6.07 Å². The smallest absolute Gasteiger partial charge is 0.321 e. The van der Waals surface area contributed by atoms with Crippen LogP contribution in [0.15, 0.2) is 48.5 Å². The van der Waals surface area contributed by atoms with E-state index < -0.39 is 0 Å². The van der Waals surface area contributed by atoms with Crippen molar-refractivity contribution in [3.8, 4) is 11.5 Å². The van der Waals surface area contributed by atoms with Gasteiger partial charge in [-0.05, 0) is 30.7 Å². The van der Waals surface area contributed by atoms with Gasteiger partial charge in [-0.3, -0.25) is 0 Å². The quantitative estimate of drug-likeness (QED) is 0.807. The van der Waals surface area contributed by atoms with Crippen LogP contribution >= 0.6 is 0 Å². The fraction of sp³-hybridized carbons (Fsp3) is 0.316. The highest BCUT2D eigenvalue weighted by molar-refractivity contribution is 5.89. The van der Waals surface area contributed by atoms with Crippen LogP contribution in [0.5, 0.6) is 11.5 Å². The van der Waals surface area contributed by atoms with Crippen LogP contribution in [0.4, 0.5) is 10.5 Å². The number of rotatable bonds is 3. The molecule has 0 bridgehead atoms. The van der Waals surface area contributed by atoms with Crippen LogP contribution in [0.25, 0.3) is 0 Å². The summed E-state index contributed by atoms with van der Waals surface area (Å²) in [7, 11) is 0. The van der Waals surface area contributed by atoms with Gasteiger partial charge in [-0.1, -0.05) is 30.3 Å². The van der Waals surface area contributed by atoms with E-state index in [4.69, 9.17) is 0 Å². The molecule has 0 atom stereocenters. The van der Waals surface area contributed by atoms with Crippen molar-refractivity contribution in [3.63, 3.8) is 0 Å². The summed E-state index contributed by atoms with van der Waals surface area (Å²) >= 11 is 0. The molecule has 2 aromatic carbocycles. The van der Waals surface area contributed by atoms with Crippen molar-refractivity contribution in [1.82, 2.24) is 4.90 Å². The molecule has 3 rings (SSSR count). The number of nitrogens with zero attached hydrogens (tertiary/aromatic N) is 1. The molecule has 1 aliphatic rings. The van der Waals surface area contributed by atoms with Gasteiger partial charge in [0.15, 0.2) is 0 Å². The van der Waals surface area contributed by atoms with Crippen molar-refractivity contribution in [2.45, 2.75) is 19.3 Å². The predicted octanol–water partition coefficient (Wildman–Crippen LogP) is 3.58. The Labute approximate surface area is 141 Å². The Morgan fingerprint density at radius 1 is 1.04 bits per heavy atom. The van der Waals surface area contributed by atoms with E-state index in [0.29, 0.717) is 24.7 Å². The Bertz CT molecular complexity index is 675. The van der Waals surface area contributed by atoms with Crippen LogP contribution in [-0.2, 0) is 6.42 Å². The van der Waals surface area contributed by atoms with Gasteiger partial charge in [-0.25, -0.2) is 4.79 Å². The fourth-order valence-corrected chi connectivity index (χ4v) is 3.16. The van der Waals surface area contributed by atoms with Crippen LogP contribution < -0.4 is 5.32 Å². The standard InChI is InChI=1S/C19H22N2O3/c22-17-11-16(12-18(23)13-17)20-19(24)21-8-6-15(7-9-21)10-14-4-2-1-3-5-14/h1-5,11-13,15,22-23H,6-10H2,(H,20,24). The zero-order valence-corrected chi connectivity index (χ0v) is 13.5. The first-order valence-electron chi connectivity index (χ1n) is 8.23. The van der Waals surface area contributed by atoms with E-state index in [-0.39, 0.29) is 17.5 Å². The van der Waals surface area contributed by atoms with Crippen LogP contribution in [0.1, 0.15) is 18.4 Å². The highest BCUT2D eigenvalue weighted by Crippen LogP contribution is 2.25. The number of aromatic hydroxyl groups is 2. The molecule has 24 heavy (non-hydrogen) atoms. The normalized spacial score (nSPS) is 15.2. The molecule has 5 heteroatoms. The van der Waals surface area contributed by atoms with Gasteiger partial charge in [-0.15, -0.1) is 0 Å². The van der Waals surface area contributed by atoms with E-state index >= 15 is 0 Å². The zero-order chi connectivity index (χ0) is 16.9. The number of phenolic OH excluding ortho intramolecular Hbond substituents is 2. The van der Waals surface area contributed by atoms with Gasteiger partial charge in [0.2, 0.25) is 0 Å². The third-order valence-electron chi connectivity index (χ3n) is 4.42. The van der Waals surface area contributed by atoms with E-state index in [2.05, 4.69) is 29.6 Å². The van der Waals surface area contributed by atoms with Gasteiger partial charge >= 0.3 is 6.03 Å². The maximum Gasteiger partial charge on any atom is 0.321 e. The van der Waals surface area contributed by atoms with Crippen molar-refractivity contribution in [1.29, 1.82) is 0 Å². The summed E-state index contributed by atoms with van der Waals surface area (Å²) in [5, 5.41) is 21.7. The largest absolute Gasteiger partial charge is 0.508 e. The number of benzene rings is 2. The third kappa shape index (κ3) is 4.19. The summed E-state index contributed by atoms with van der Waals surface area (Å²) in [5.74, 6) is 0.444. The van der Waals surface area contributed by atoms with E-state index in [9.17, 15) is 15.0 Å². The molecule has 0 spiro atoms. The Morgan fingerprint density at radius 3 is 2.29 bits per heavy atom. The molecule has 5 nitrogen and oxygen atoms in total. The molecule has 1 saturated heterocycles. The number of urea groups is 1. The Kier molecular flexibility index (Phi) is 4.89. The van der Waals surface area contributed by atoms with E-state index in [1.165, 1.54) is 23.8 Å². The summed E-state index contributed by atoms with van der Waals surface area (Å²) in [6.45, 7) is 1.43. The molecular formula is C19H22N2O3. The summed E-state index contributed by atoms with van der Waals surface area (Å²) in [6.07, 6.45) is 3.01. The maximum absolute atomic E-state index is 12.3. The van der Waals surface area contributed by atoms with Gasteiger partial charge in [0, 0.05) is 37.0 Å². The molecule has 1 aliphatic heterocycles. The van der Waals surface area contributed by atoms with Gasteiger partial charge in [0.05, 0.1) is 0 Å². The molecular weight excluding hydrogens is 304 g/mol. The lowest BCUT2D eigenvalue weighted by Crippen LogP contribution is -2.41. The summed E-state index contributed by atoms with van der Waals surface area (Å²) in [5.41, 5.74) is 1.74. The number of anilines is 1. The minimum absolute atomic E-state index is 0.0770. The van der Waals surface area contributed by atoms with Crippen LogP contribution in [0, 0.1) is 5.92 Å². The molecule has 0 aromatic heterocycles. The minimum atomic E-state index is -0.196. The number of carbonyl (C=O) groups excluding carboxylic acids is 1. The number of nitrogens with one attached hydrogen (secondary N) is 1. The van der Waals surface area contributed by atoms with Crippen molar-refractivity contribution < 1.29 is 15.0 Å². The summed E-state index contributed by atoms with van der Waals surface area (Å²) < 4.78 is 0. The molecule has 2 amide bonds. The monoisotopic (exact) mass is 326 g/mol. The first kappa shape index (κ1) is 16.2. The molecule has 126 valence electrons. The highest BCUT2D eigenvalue weighted by Gasteiger charge is 2.23. The Morgan fingerprint density at radius 2 is 1.67 bits per heavy atom. The Hall–Kier alpha value is -2.69. The second-order valence-electron chi connectivity index (χ2n) is 6.29. The number of amides is 2. The summed E-state index contributed by atoms with van der Waals surface area (Å²) in [6, 6.07) is 14.3. The average Bonchev–Trinajstić information content (AvgIpc) is 2.55. The van der Waals surface area contributed by atoms with Crippen LogP contribution in [-0.4, -0.2) is 34.2 Å². The number of carbonyl (C=O) groups is 1. The lowest BCUT2D eigenvalue weighted by molar-refractivity contribution is 0.182. The molecule has 2 aromatic rings. The second-order valence-corrected chi connectivity index (χ2v) is 6.29.